The Balaban J connectivity index is 1.95. The molecule has 24 heavy (non-hydrogen) atoms. The van der Waals surface area contributed by atoms with Crippen LogP contribution in [0.3, 0.4) is 0 Å². The molecule has 1 aromatic heterocycles. The Labute approximate surface area is 142 Å². The molecule has 0 aliphatic carbocycles. The van der Waals surface area contributed by atoms with Crippen molar-refractivity contribution in [2.45, 2.75) is 33.2 Å². The minimum absolute atomic E-state index is 0.100. The molecule has 3 rings (SSSR count). The van der Waals surface area contributed by atoms with Crippen LogP contribution in [0.4, 0.5) is 5.82 Å². The molecule has 1 aromatic rings. The molecule has 3 heterocycles. The molecule has 0 spiro atoms. The van der Waals surface area contributed by atoms with Gasteiger partial charge in [-0.2, -0.15) is 8.42 Å². The predicted molar refractivity (Wildman–Crippen MR) is 90.7 cm³/mol. The molecule has 8 heteroatoms. The Bertz CT molecular complexity index is 753. The first-order valence-corrected chi connectivity index (χ1v) is 9.85. The summed E-state index contributed by atoms with van der Waals surface area (Å²) in [5.41, 5.74) is 1.88. The van der Waals surface area contributed by atoms with Crippen molar-refractivity contribution in [3.8, 4) is 0 Å². The largest absolute Gasteiger partial charge is 0.356 e. The first-order chi connectivity index (χ1) is 11.2. The van der Waals surface area contributed by atoms with E-state index in [4.69, 9.17) is 4.55 Å². The molecule has 1 fully saturated rings. The van der Waals surface area contributed by atoms with Crippen LogP contribution in [0.5, 0.6) is 0 Å². The van der Waals surface area contributed by atoms with Gasteiger partial charge in [-0.1, -0.05) is 13.8 Å². The SMILES string of the molecule is CC1CC(C)CN(c2cc3c(c(CCS(=O)(=O)O)n2)CNC3=O)C1. The highest BCUT2D eigenvalue weighted by Gasteiger charge is 2.28. The van der Waals surface area contributed by atoms with Gasteiger partial charge in [0.15, 0.2) is 0 Å². The van der Waals surface area contributed by atoms with Gasteiger partial charge in [-0.05, 0) is 24.3 Å². The summed E-state index contributed by atoms with van der Waals surface area (Å²) in [5.74, 6) is 1.25. The van der Waals surface area contributed by atoms with Crippen molar-refractivity contribution in [2.75, 3.05) is 23.7 Å². The van der Waals surface area contributed by atoms with Crippen LogP contribution in [-0.4, -0.2) is 42.7 Å². The lowest BCUT2D eigenvalue weighted by atomic mass is 9.92. The van der Waals surface area contributed by atoms with Crippen LogP contribution in [0, 0.1) is 11.8 Å². The number of piperidine rings is 1. The van der Waals surface area contributed by atoms with Crippen molar-refractivity contribution in [3.63, 3.8) is 0 Å². The highest BCUT2D eigenvalue weighted by molar-refractivity contribution is 7.85. The third-order valence-electron chi connectivity index (χ3n) is 4.66. The second kappa shape index (κ2) is 6.33. The zero-order chi connectivity index (χ0) is 17.5. The monoisotopic (exact) mass is 353 g/mol. The summed E-state index contributed by atoms with van der Waals surface area (Å²) in [5, 5.41) is 2.76. The second-order valence-electron chi connectivity index (χ2n) is 7.02. The summed E-state index contributed by atoms with van der Waals surface area (Å²) < 4.78 is 31.2. The fraction of sp³-hybridized carbons (Fsp3) is 0.625. The minimum Gasteiger partial charge on any atom is -0.356 e. The fourth-order valence-corrected chi connectivity index (χ4v) is 4.17. The van der Waals surface area contributed by atoms with E-state index in [1.165, 1.54) is 0 Å². The average molecular weight is 353 g/mol. The topological polar surface area (TPSA) is 99.6 Å². The standard InChI is InChI=1S/C16H23N3O4S/c1-10-5-11(2)9-19(8-10)15-6-12-13(7-17-16(12)20)14(18-15)3-4-24(21,22)23/h6,10-11H,3-5,7-9H2,1-2H3,(H,17,20)(H,21,22,23). The number of hydrogen-bond acceptors (Lipinski definition) is 5. The number of pyridine rings is 1. The van der Waals surface area contributed by atoms with Crippen molar-refractivity contribution in [1.82, 2.24) is 10.3 Å². The van der Waals surface area contributed by atoms with Gasteiger partial charge >= 0.3 is 0 Å². The van der Waals surface area contributed by atoms with Crippen LogP contribution in [0.25, 0.3) is 0 Å². The normalized spacial score (nSPS) is 24.0. The molecule has 2 N–H and O–H groups in total. The summed E-state index contributed by atoms with van der Waals surface area (Å²) >= 11 is 0. The third kappa shape index (κ3) is 3.70. The van der Waals surface area contributed by atoms with Gasteiger partial charge in [-0.15, -0.1) is 0 Å². The molecule has 0 saturated carbocycles. The molecule has 7 nitrogen and oxygen atoms in total. The lowest BCUT2D eigenvalue weighted by molar-refractivity contribution is 0.0965. The van der Waals surface area contributed by atoms with Crippen LogP contribution in [0.1, 0.15) is 41.9 Å². The summed E-state index contributed by atoms with van der Waals surface area (Å²) in [7, 11) is -4.07. The quantitative estimate of drug-likeness (QED) is 0.790. The smallest absolute Gasteiger partial charge is 0.265 e. The Morgan fingerprint density at radius 1 is 1.33 bits per heavy atom. The van der Waals surface area contributed by atoms with Gasteiger partial charge in [0.05, 0.1) is 5.75 Å². The van der Waals surface area contributed by atoms with Crippen LogP contribution in [0.15, 0.2) is 6.07 Å². The van der Waals surface area contributed by atoms with Crippen molar-refractivity contribution in [1.29, 1.82) is 0 Å². The molecule has 1 amide bonds. The summed E-state index contributed by atoms with van der Waals surface area (Å²) in [4.78, 5) is 18.9. The van der Waals surface area contributed by atoms with E-state index in [9.17, 15) is 13.2 Å². The van der Waals surface area contributed by atoms with Gasteiger partial charge in [0.25, 0.3) is 16.0 Å². The third-order valence-corrected chi connectivity index (χ3v) is 5.38. The summed E-state index contributed by atoms with van der Waals surface area (Å²) in [6.45, 7) is 6.49. The van der Waals surface area contributed by atoms with Crippen LogP contribution < -0.4 is 10.2 Å². The van der Waals surface area contributed by atoms with E-state index in [1.807, 2.05) is 0 Å². The van der Waals surface area contributed by atoms with Gasteiger partial charge in [0.1, 0.15) is 5.82 Å². The molecule has 2 aliphatic rings. The number of fused-ring (bicyclic) bond motifs is 1. The number of nitrogens with one attached hydrogen (secondary N) is 1. The number of carbonyl (C=O) groups is 1. The van der Waals surface area contributed by atoms with E-state index < -0.39 is 15.9 Å². The maximum absolute atomic E-state index is 12.1. The molecular formula is C16H23N3O4S. The fourth-order valence-electron chi connectivity index (χ4n) is 3.72. The average Bonchev–Trinajstić information content (AvgIpc) is 2.84. The van der Waals surface area contributed by atoms with Crippen LogP contribution in [-0.2, 0) is 23.1 Å². The molecule has 0 bridgehead atoms. The number of aryl methyl sites for hydroxylation is 1. The Kier molecular flexibility index (Phi) is 4.52. The van der Waals surface area contributed by atoms with E-state index in [2.05, 4.69) is 29.0 Å². The van der Waals surface area contributed by atoms with Gasteiger partial charge < -0.3 is 10.2 Å². The molecule has 132 valence electrons. The van der Waals surface area contributed by atoms with E-state index in [0.717, 1.165) is 30.9 Å². The number of aromatic nitrogens is 1. The highest BCUT2D eigenvalue weighted by Crippen LogP contribution is 2.29. The Morgan fingerprint density at radius 3 is 2.62 bits per heavy atom. The molecule has 0 radical (unpaired) electrons. The second-order valence-corrected chi connectivity index (χ2v) is 8.60. The van der Waals surface area contributed by atoms with Crippen molar-refractivity contribution in [3.05, 3.63) is 22.9 Å². The molecular weight excluding hydrogens is 330 g/mol. The predicted octanol–water partition coefficient (Wildman–Crippen LogP) is 1.24. The van der Waals surface area contributed by atoms with Crippen LogP contribution in [0.2, 0.25) is 0 Å². The number of carbonyl (C=O) groups excluding carboxylic acids is 1. The highest BCUT2D eigenvalue weighted by atomic mass is 32.2. The molecule has 2 aliphatic heterocycles. The van der Waals surface area contributed by atoms with Crippen molar-refractivity contribution in [2.24, 2.45) is 11.8 Å². The molecule has 2 unspecified atom stereocenters. The maximum Gasteiger partial charge on any atom is 0.265 e. The van der Waals surface area contributed by atoms with Gasteiger partial charge in [-0.25, -0.2) is 4.98 Å². The molecule has 1 saturated heterocycles. The minimum atomic E-state index is -4.07. The van der Waals surface area contributed by atoms with Crippen molar-refractivity contribution >= 4 is 21.8 Å². The van der Waals surface area contributed by atoms with E-state index in [-0.39, 0.29) is 12.3 Å². The molecule has 2 atom stereocenters. The lowest BCUT2D eigenvalue weighted by Gasteiger charge is -2.36. The number of anilines is 1. The van der Waals surface area contributed by atoms with Crippen molar-refractivity contribution < 1.29 is 17.8 Å². The zero-order valence-corrected chi connectivity index (χ0v) is 14.8. The number of hydrogen-bond donors (Lipinski definition) is 2. The van der Waals surface area contributed by atoms with E-state index in [0.29, 0.717) is 29.6 Å². The Hall–Kier alpha value is -1.67. The summed E-state index contributed by atoms with van der Waals surface area (Å²) in [6, 6.07) is 1.80. The lowest BCUT2D eigenvalue weighted by Crippen LogP contribution is -2.39. The van der Waals surface area contributed by atoms with E-state index in [1.54, 1.807) is 6.07 Å². The maximum atomic E-state index is 12.1. The van der Waals surface area contributed by atoms with Gasteiger partial charge in [0.2, 0.25) is 0 Å². The first kappa shape index (κ1) is 17.2. The molecule has 0 aromatic carbocycles. The first-order valence-electron chi connectivity index (χ1n) is 8.24. The Morgan fingerprint density at radius 2 is 2.00 bits per heavy atom. The van der Waals surface area contributed by atoms with Gasteiger partial charge in [0, 0.05) is 42.9 Å². The summed E-state index contributed by atoms with van der Waals surface area (Å²) in [6.07, 6.45) is 1.26. The van der Waals surface area contributed by atoms with E-state index >= 15 is 0 Å². The zero-order valence-electron chi connectivity index (χ0n) is 13.9. The number of nitrogens with zero attached hydrogens (tertiary/aromatic N) is 2. The van der Waals surface area contributed by atoms with Gasteiger partial charge in [-0.3, -0.25) is 9.35 Å². The van der Waals surface area contributed by atoms with Crippen LogP contribution >= 0.6 is 0 Å². The number of amides is 1. The number of rotatable bonds is 4.